The molecule has 2 heteroatoms. The van der Waals surface area contributed by atoms with E-state index in [1.165, 1.54) is 44.4 Å². The van der Waals surface area contributed by atoms with Gasteiger partial charge in [0.1, 0.15) is 0 Å². The zero-order valence-corrected chi connectivity index (χ0v) is 9.83. The van der Waals surface area contributed by atoms with Gasteiger partial charge in [0.05, 0.1) is 0 Å². The number of thioether (sulfide) groups is 1. The van der Waals surface area contributed by atoms with Crippen molar-refractivity contribution in [2.45, 2.75) is 57.2 Å². The molecule has 1 rings (SSSR count). The molecule has 13 heavy (non-hydrogen) atoms. The summed E-state index contributed by atoms with van der Waals surface area (Å²) in [7, 11) is 0. The van der Waals surface area contributed by atoms with Crippen molar-refractivity contribution in [2.24, 2.45) is 0 Å². The Labute approximate surface area is 87.1 Å². The summed E-state index contributed by atoms with van der Waals surface area (Å²) in [6.45, 7) is 5.72. The van der Waals surface area contributed by atoms with E-state index in [4.69, 9.17) is 0 Å². The van der Waals surface area contributed by atoms with Gasteiger partial charge in [0.15, 0.2) is 0 Å². The molecule has 0 saturated heterocycles. The van der Waals surface area contributed by atoms with Crippen LogP contribution in [0.1, 0.15) is 46.0 Å². The van der Waals surface area contributed by atoms with Crippen LogP contribution in [0.25, 0.3) is 0 Å². The molecular weight excluding hydrogens is 178 g/mol. The van der Waals surface area contributed by atoms with Gasteiger partial charge < -0.3 is 5.32 Å². The van der Waals surface area contributed by atoms with Crippen LogP contribution in [0.3, 0.4) is 0 Å². The van der Waals surface area contributed by atoms with Crippen molar-refractivity contribution >= 4 is 11.8 Å². The van der Waals surface area contributed by atoms with Crippen LogP contribution in [0, 0.1) is 0 Å². The Kier molecular flexibility index (Phi) is 5.88. The second-order valence-corrected chi connectivity index (χ2v) is 5.25. The van der Waals surface area contributed by atoms with Crippen molar-refractivity contribution in [1.82, 2.24) is 5.32 Å². The van der Waals surface area contributed by atoms with Crippen LogP contribution in [-0.4, -0.2) is 23.6 Å². The van der Waals surface area contributed by atoms with Gasteiger partial charge in [-0.2, -0.15) is 11.8 Å². The number of nitrogens with one attached hydrogen (secondary N) is 1. The molecule has 1 saturated carbocycles. The minimum atomic E-state index is 0.816. The van der Waals surface area contributed by atoms with Gasteiger partial charge in [0.2, 0.25) is 0 Å². The molecule has 0 radical (unpaired) electrons. The van der Waals surface area contributed by atoms with Crippen molar-refractivity contribution in [1.29, 1.82) is 0 Å². The van der Waals surface area contributed by atoms with Gasteiger partial charge in [-0.3, -0.25) is 0 Å². The topological polar surface area (TPSA) is 12.0 Å². The molecule has 1 aliphatic carbocycles. The van der Waals surface area contributed by atoms with Gasteiger partial charge in [-0.1, -0.05) is 20.3 Å². The third-order valence-corrected chi connectivity index (χ3v) is 4.28. The smallest absolute Gasteiger partial charge is 0.0201 e. The average molecular weight is 201 g/mol. The molecular formula is C11H23NS. The lowest BCUT2D eigenvalue weighted by molar-refractivity contribution is 0.531. The number of hydrogen-bond acceptors (Lipinski definition) is 2. The lowest BCUT2D eigenvalue weighted by Crippen LogP contribution is -2.34. The predicted molar refractivity (Wildman–Crippen MR) is 62.5 cm³/mol. The van der Waals surface area contributed by atoms with E-state index in [0.29, 0.717) is 0 Å². The van der Waals surface area contributed by atoms with Crippen molar-refractivity contribution in [2.75, 3.05) is 12.3 Å². The first kappa shape index (κ1) is 11.4. The fourth-order valence-corrected chi connectivity index (χ4v) is 3.29. The summed E-state index contributed by atoms with van der Waals surface area (Å²) in [6.07, 6.45) is 6.86. The Morgan fingerprint density at radius 1 is 1.23 bits per heavy atom. The molecule has 2 unspecified atom stereocenters. The fraction of sp³-hybridized carbons (Fsp3) is 1.00. The molecule has 1 fully saturated rings. The molecule has 1 aliphatic rings. The second-order valence-electron chi connectivity index (χ2n) is 3.90. The maximum atomic E-state index is 3.67. The summed E-state index contributed by atoms with van der Waals surface area (Å²) in [6, 6.07) is 0.816. The largest absolute Gasteiger partial charge is 0.313 e. The van der Waals surface area contributed by atoms with Gasteiger partial charge in [-0.15, -0.1) is 0 Å². The Morgan fingerprint density at radius 3 is 2.77 bits per heavy atom. The SMILES string of the molecule is CCCNC1CCCC1SCCC. The maximum Gasteiger partial charge on any atom is 0.0201 e. The van der Waals surface area contributed by atoms with E-state index in [2.05, 4.69) is 30.9 Å². The van der Waals surface area contributed by atoms with Crippen LogP contribution < -0.4 is 5.32 Å². The quantitative estimate of drug-likeness (QED) is 0.709. The van der Waals surface area contributed by atoms with Gasteiger partial charge >= 0.3 is 0 Å². The number of rotatable bonds is 6. The van der Waals surface area contributed by atoms with Gasteiger partial charge in [-0.25, -0.2) is 0 Å². The Balaban J connectivity index is 2.18. The molecule has 0 spiro atoms. The zero-order chi connectivity index (χ0) is 9.52. The molecule has 0 aromatic rings. The van der Waals surface area contributed by atoms with E-state index >= 15 is 0 Å². The van der Waals surface area contributed by atoms with E-state index in [0.717, 1.165) is 11.3 Å². The summed E-state index contributed by atoms with van der Waals surface area (Å²) in [5, 5.41) is 4.58. The first-order chi connectivity index (χ1) is 6.38. The molecule has 0 heterocycles. The first-order valence-corrected chi connectivity index (χ1v) is 6.78. The van der Waals surface area contributed by atoms with E-state index < -0.39 is 0 Å². The van der Waals surface area contributed by atoms with Gasteiger partial charge in [0, 0.05) is 11.3 Å². The minimum absolute atomic E-state index is 0.816. The van der Waals surface area contributed by atoms with Gasteiger partial charge in [0.25, 0.3) is 0 Å². The zero-order valence-electron chi connectivity index (χ0n) is 9.01. The molecule has 0 amide bonds. The Bertz CT molecular complexity index is 113. The fourth-order valence-electron chi connectivity index (χ4n) is 1.96. The maximum absolute atomic E-state index is 3.67. The molecule has 1 N–H and O–H groups in total. The normalized spacial score (nSPS) is 28.2. The molecule has 0 aliphatic heterocycles. The lowest BCUT2D eigenvalue weighted by Gasteiger charge is -2.20. The van der Waals surface area contributed by atoms with Crippen LogP contribution in [-0.2, 0) is 0 Å². The second kappa shape index (κ2) is 6.72. The summed E-state index contributed by atoms with van der Waals surface area (Å²) in [5.74, 6) is 1.34. The molecule has 2 atom stereocenters. The molecule has 0 aromatic carbocycles. The standard InChI is InChI=1S/C11H23NS/c1-3-8-12-10-6-5-7-11(10)13-9-4-2/h10-12H,3-9H2,1-2H3. The third-order valence-electron chi connectivity index (χ3n) is 2.65. The van der Waals surface area contributed by atoms with E-state index in [1.54, 1.807) is 0 Å². The third kappa shape index (κ3) is 3.90. The van der Waals surface area contributed by atoms with Crippen molar-refractivity contribution in [3.05, 3.63) is 0 Å². The van der Waals surface area contributed by atoms with Crippen LogP contribution in [0.15, 0.2) is 0 Å². The summed E-state index contributed by atoms with van der Waals surface area (Å²) in [5.41, 5.74) is 0. The van der Waals surface area contributed by atoms with E-state index in [9.17, 15) is 0 Å². The Morgan fingerprint density at radius 2 is 2.08 bits per heavy atom. The summed E-state index contributed by atoms with van der Waals surface area (Å²) >= 11 is 2.18. The summed E-state index contributed by atoms with van der Waals surface area (Å²) in [4.78, 5) is 0. The minimum Gasteiger partial charge on any atom is -0.313 e. The van der Waals surface area contributed by atoms with Crippen LogP contribution in [0.4, 0.5) is 0 Å². The highest BCUT2D eigenvalue weighted by Gasteiger charge is 2.26. The molecule has 0 bridgehead atoms. The van der Waals surface area contributed by atoms with Crippen LogP contribution >= 0.6 is 11.8 Å². The molecule has 1 nitrogen and oxygen atoms in total. The monoisotopic (exact) mass is 201 g/mol. The highest BCUT2D eigenvalue weighted by atomic mass is 32.2. The summed E-state index contributed by atoms with van der Waals surface area (Å²) < 4.78 is 0. The van der Waals surface area contributed by atoms with Gasteiger partial charge in [-0.05, 0) is 38.0 Å². The molecule has 78 valence electrons. The van der Waals surface area contributed by atoms with E-state index in [-0.39, 0.29) is 0 Å². The first-order valence-electron chi connectivity index (χ1n) is 5.73. The van der Waals surface area contributed by atoms with Crippen LogP contribution in [0.2, 0.25) is 0 Å². The van der Waals surface area contributed by atoms with Crippen molar-refractivity contribution < 1.29 is 0 Å². The average Bonchev–Trinajstić information content (AvgIpc) is 2.59. The van der Waals surface area contributed by atoms with Crippen LogP contribution in [0.5, 0.6) is 0 Å². The predicted octanol–water partition coefficient (Wildman–Crippen LogP) is 3.05. The highest BCUT2D eigenvalue weighted by Crippen LogP contribution is 2.30. The van der Waals surface area contributed by atoms with Crippen molar-refractivity contribution in [3.8, 4) is 0 Å². The Hall–Kier alpha value is 0.310. The highest BCUT2D eigenvalue weighted by molar-refractivity contribution is 7.99. The van der Waals surface area contributed by atoms with Crippen molar-refractivity contribution in [3.63, 3.8) is 0 Å². The molecule has 0 aromatic heterocycles. The lowest BCUT2D eigenvalue weighted by atomic mass is 10.2. The van der Waals surface area contributed by atoms with E-state index in [1.807, 2.05) is 0 Å². The number of hydrogen-bond donors (Lipinski definition) is 1.